The van der Waals surface area contributed by atoms with Gasteiger partial charge in [-0.15, -0.1) is 0 Å². The molecule has 4 heteroatoms. The minimum Gasteiger partial charge on any atom is -0.364 e. The Morgan fingerprint density at radius 1 is 1.78 bits per heavy atom. The van der Waals surface area contributed by atoms with Crippen molar-refractivity contribution in [2.45, 2.75) is 0 Å². The number of hydrogen-bond acceptors (Lipinski definition) is 3. The first-order valence-electron chi connectivity index (χ1n) is 2.82. The molecule has 0 radical (unpaired) electrons. The largest absolute Gasteiger partial charge is 0.364 e. The minimum absolute atomic E-state index is 0.150. The van der Waals surface area contributed by atoms with E-state index in [1.807, 2.05) is 0 Å². The van der Waals surface area contributed by atoms with Gasteiger partial charge in [0.2, 0.25) is 0 Å². The lowest BCUT2D eigenvalue weighted by molar-refractivity contribution is 0.0995. The van der Waals surface area contributed by atoms with Crippen molar-refractivity contribution in [2.75, 3.05) is 0 Å². The lowest BCUT2D eigenvalue weighted by Gasteiger charge is -1.87. The van der Waals surface area contributed by atoms with Gasteiger partial charge in [-0.2, -0.15) is 0 Å². The standard InChI is InChI=1S/C5H5N3O/c6-5(9)4-3-7-1-2-8-4/h1-3H,(H2,6,9)/i/hD. The maximum atomic E-state index is 10.6. The van der Waals surface area contributed by atoms with Crippen LogP contribution >= 0.6 is 0 Å². The van der Waals surface area contributed by atoms with Crippen LogP contribution in [0.15, 0.2) is 18.6 Å². The zero-order valence-corrected chi connectivity index (χ0v) is 4.53. The first-order chi connectivity index (χ1) is 4.84. The summed E-state index contributed by atoms with van der Waals surface area (Å²) in [7, 11) is 0. The number of nitrogens with two attached hydrogens (primary N) is 1. The molecule has 2 N–H and O–H groups in total. The highest BCUT2D eigenvalue weighted by atomic mass is 16.1. The molecule has 1 amide bonds. The van der Waals surface area contributed by atoms with Crippen molar-refractivity contribution in [3.63, 3.8) is 0 Å². The van der Waals surface area contributed by atoms with Crippen molar-refractivity contribution in [1.29, 1.82) is 0 Å². The van der Waals surface area contributed by atoms with Gasteiger partial charge >= 0.3 is 0 Å². The van der Waals surface area contributed by atoms with Gasteiger partial charge in [0.25, 0.3) is 5.91 Å². The van der Waals surface area contributed by atoms with Crippen LogP contribution < -0.4 is 5.73 Å². The molecule has 0 spiro atoms. The number of hydrogen-bond donors (Lipinski definition) is 1. The zero-order valence-electron chi connectivity index (χ0n) is 5.53. The SMILES string of the molecule is [2H]NC(=O)c1cnccn1. The molecule has 0 atom stereocenters. The van der Waals surface area contributed by atoms with Gasteiger partial charge in [-0.1, -0.05) is 0 Å². The van der Waals surface area contributed by atoms with Crippen molar-refractivity contribution < 1.29 is 6.21 Å². The van der Waals surface area contributed by atoms with Crippen molar-refractivity contribution in [3.8, 4) is 0 Å². The molecule has 0 bridgehead atoms. The molecule has 1 aromatic heterocycles. The van der Waals surface area contributed by atoms with Gasteiger partial charge in [-0.25, -0.2) is 4.98 Å². The second-order valence-electron chi connectivity index (χ2n) is 1.42. The van der Waals surface area contributed by atoms with E-state index in [2.05, 4.69) is 9.97 Å². The summed E-state index contributed by atoms with van der Waals surface area (Å²) in [6, 6.07) is 0. The summed E-state index contributed by atoms with van der Waals surface area (Å²) >= 11 is 0. The van der Waals surface area contributed by atoms with Crippen LogP contribution in [0.4, 0.5) is 0 Å². The predicted molar refractivity (Wildman–Crippen MR) is 30.5 cm³/mol. The van der Waals surface area contributed by atoms with Crippen molar-refractivity contribution in [1.82, 2.24) is 9.97 Å². The minimum atomic E-state index is -0.548. The van der Waals surface area contributed by atoms with Crippen LogP contribution in [0.1, 0.15) is 10.5 Å². The van der Waals surface area contributed by atoms with Crippen LogP contribution in [0.2, 0.25) is 1.41 Å². The second-order valence-corrected chi connectivity index (χ2v) is 1.42. The Morgan fingerprint density at radius 2 is 2.67 bits per heavy atom. The van der Waals surface area contributed by atoms with Crippen molar-refractivity contribution in [2.24, 2.45) is 5.73 Å². The number of nitrogens with zero attached hydrogens (tertiary/aromatic N) is 2. The molecule has 0 aliphatic carbocycles. The van der Waals surface area contributed by atoms with Crippen LogP contribution in [0, 0.1) is 0 Å². The summed E-state index contributed by atoms with van der Waals surface area (Å²) in [6.07, 6.45) is 4.15. The van der Waals surface area contributed by atoms with E-state index in [1.54, 1.807) is 5.73 Å². The Bertz CT molecular complexity index is 226. The quantitative estimate of drug-likeness (QED) is 0.552. The number of carbonyl (C=O) groups is 1. The van der Waals surface area contributed by atoms with Gasteiger partial charge in [0, 0.05) is 12.4 Å². The maximum Gasteiger partial charge on any atom is 0.268 e. The Hall–Kier alpha value is -1.45. The average molecular weight is 124 g/mol. The monoisotopic (exact) mass is 124 g/mol. The van der Waals surface area contributed by atoms with E-state index >= 15 is 0 Å². The first-order valence-corrected chi connectivity index (χ1v) is 2.32. The van der Waals surface area contributed by atoms with Crippen molar-refractivity contribution in [3.05, 3.63) is 24.3 Å². The fraction of sp³-hybridized carbons (Fsp3) is 0. The molecule has 4 nitrogen and oxygen atoms in total. The lowest BCUT2D eigenvalue weighted by Crippen LogP contribution is -2.12. The Morgan fingerprint density at radius 3 is 3.22 bits per heavy atom. The molecule has 0 unspecified atom stereocenters. The summed E-state index contributed by atoms with van der Waals surface area (Å²) < 4.78 is 6.48. The molecule has 1 aromatic rings. The van der Waals surface area contributed by atoms with E-state index in [0.717, 1.165) is 0 Å². The summed E-state index contributed by atoms with van der Waals surface area (Å²) in [4.78, 5) is 17.9. The van der Waals surface area contributed by atoms with Gasteiger partial charge < -0.3 is 5.73 Å². The van der Waals surface area contributed by atoms with Gasteiger partial charge in [0.1, 0.15) is 5.69 Å². The number of rotatable bonds is 1. The van der Waals surface area contributed by atoms with Crippen LogP contribution in [-0.2, 0) is 0 Å². The highest BCUT2D eigenvalue weighted by Crippen LogP contribution is 1.84. The van der Waals surface area contributed by atoms with Crippen LogP contribution in [0.25, 0.3) is 0 Å². The molecule has 1 heterocycles. The summed E-state index contributed by atoms with van der Waals surface area (Å²) in [5.74, 6) is -0.548. The summed E-state index contributed by atoms with van der Waals surface area (Å²) in [5.41, 5.74) is 1.84. The van der Waals surface area contributed by atoms with E-state index in [1.165, 1.54) is 18.6 Å². The third-order valence-electron chi connectivity index (χ3n) is 0.796. The second kappa shape index (κ2) is 2.21. The van der Waals surface area contributed by atoms with E-state index in [0.29, 0.717) is 0 Å². The summed E-state index contributed by atoms with van der Waals surface area (Å²) in [6.45, 7) is 0. The highest BCUT2D eigenvalue weighted by molar-refractivity contribution is 5.90. The molecular weight excluding hydrogens is 118 g/mol. The molecule has 0 saturated heterocycles. The Balaban J connectivity index is 2.85. The number of aromatic nitrogens is 2. The maximum absolute atomic E-state index is 10.6. The van der Waals surface area contributed by atoms with Gasteiger partial charge in [0.15, 0.2) is 1.41 Å². The molecule has 0 aliphatic rings. The zero-order chi connectivity index (χ0) is 7.40. The first kappa shape index (κ1) is 4.43. The smallest absolute Gasteiger partial charge is 0.268 e. The molecule has 0 aromatic carbocycles. The molecular formula is C5H5N3O. The molecule has 0 saturated carbocycles. The molecule has 1 rings (SSSR count). The topological polar surface area (TPSA) is 68.9 Å². The number of carbonyl (C=O) groups excluding carboxylic acids is 1. The van der Waals surface area contributed by atoms with Crippen LogP contribution in [0.3, 0.4) is 0 Å². The summed E-state index contributed by atoms with van der Waals surface area (Å²) in [5, 5.41) is 0. The average Bonchev–Trinajstić information content (AvgIpc) is 2.05. The normalized spacial score (nSPS) is 10.0. The predicted octanol–water partition coefficient (Wildman–Crippen LogP) is -0.425. The molecule has 0 fully saturated rings. The number of amides is 1. The fourth-order valence-electron chi connectivity index (χ4n) is 0.416. The Labute approximate surface area is 53.2 Å². The highest BCUT2D eigenvalue weighted by Gasteiger charge is 1.97. The number of primary amides is 1. The Kier molecular flexibility index (Phi) is 1.09. The third-order valence-corrected chi connectivity index (χ3v) is 0.796. The van der Waals surface area contributed by atoms with Crippen LogP contribution in [0.5, 0.6) is 0 Å². The van der Waals surface area contributed by atoms with E-state index < -0.39 is 5.91 Å². The molecule has 9 heavy (non-hydrogen) atoms. The fourth-order valence-corrected chi connectivity index (χ4v) is 0.416. The molecule has 46 valence electrons. The van der Waals surface area contributed by atoms with Gasteiger partial charge in [-0.3, -0.25) is 9.78 Å². The third kappa shape index (κ3) is 1.22. The van der Waals surface area contributed by atoms with E-state index in [9.17, 15) is 4.79 Å². The van der Waals surface area contributed by atoms with Crippen molar-refractivity contribution >= 4 is 5.91 Å². The lowest BCUT2D eigenvalue weighted by atomic mass is 10.4. The van der Waals surface area contributed by atoms with Gasteiger partial charge in [0.05, 0.1) is 6.20 Å². The van der Waals surface area contributed by atoms with E-state index in [4.69, 9.17) is 1.41 Å². The van der Waals surface area contributed by atoms with E-state index in [-0.39, 0.29) is 5.69 Å². The molecule has 0 aliphatic heterocycles. The van der Waals surface area contributed by atoms with Crippen LogP contribution in [-0.4, -0.2) is 15.9 Å². The van der Waals surface area contributed by atoms with Gasteiger partial charge in [-0.05, 0) is 0 Å².